The predicted molar refractivity (Wildman–Crippen MR) is 104 cm³/mol. The van der Waals surface area contributed by atoms with Crippen LogP contribution in [0.15, 0.2) is 54.0 Å². The lowest BCUT2D eigenvalue weighted by molar-refractivity contribution is 0.0997. The molecule has 1 amide bonds. The van der Waals surface area contributed by atoms with E-state index in [0.29, 0.717) is 33.4 Å². The van der Waals surface area contributed by atoms with Gasteiger partial charge in [-0.05, 0) is 30.3 Å². The molecule has 0 aliphatic carbocycles. The standard InChI is InChI=1S/C19H17ClN2O3S/c1-4-7-22-16-6-5-13(20)10-17(16)26-19(22)21-18(23)12-8-14(24-2)11-15(9-12)25-3/h4-6,8-11H,1,7H2,2-3H3. The highest BCUT2D eigenvalue weighted by molar-refractivity contribution is 7.16. The molecule has 0 atom stereocenters. The molecule has 0 aliphatic rings. The lowest BCUT2D eigenvalue weighted by Gasteiger charge is -2.06. The Balaban J connectivity index is 2.13. The molecule has 3 aromatic rings. The number of hydrogen-bond donors (Lipinski definition) is 0. The van der Waals surface area contributed by atoms with Gasteiger partial charge in [-0.25, -0.2) is 0 Å². The Morgan fingerprint density at radius 2 is 1.92 bits per heavy atom. The summed E-state index contributed by atoms with van der Waals surface area (Å²) in [4.78, 5) is 17.6. The van der Waals surface area contributed by atoms with Gasteiger partial charge in [-0.2, -0.15) is 4.99 Å². The summed E-state index contributed by atoms with van der Waals surface area (Å²) in [5.41, 5.74) is 1.34. The van der Waals surface area contributed by atoms with E-state index in [2.05, 4.69) is 11.6 Å². The van der Waals surface area contributed by atoms with Gasteiger partial charge in [0.25, 0.3) is 5.91 Å². The fourth-order valence-electron chi connectivity index (χ4n) is 2.52. The largest absolute Gasteiger partial charge is 0.497 e. The van der Waals surface area contributed by atoms with Crippen molar-refractivity contribution < 1.29 is 14.3 Å². The normalized spacial score (nSPS) is 11.6. The highest BCUT2D eigenvalue weighted by Crippen LogP contribution is 2.24. The number of aromatic nitrogens is 1. The highest BCUT2D eigenvalue weighted by atomic mass is 35.5. The van der Waals surface area contributed by atoms with Gasteiger partial charge < -0.3 is 14.0 Å². The topological polar surface area (TPSA) is 52.8 Å². The van der Waals surface area contributed by atoms with Gasteiger partial charge in [0.2, 0.25) is 0 Å². The van der Waals surface area contributed by atoms with Crippen LogP contribution in [-0.4, -0.2) is 24.7 Å². The smallest absolute Gasteiger partial charge is 0.279 e. The van der Waals surface area contributed by atoms with Gasteiger partial charge in [0, 0.05) is 23.2 Å². The average molecular weight is 389 g/mol. The average Bonchev–Trinajstić information content (AvgIpc) is 2.97. The second-order valence-electron chi connectivity index (χ2n) is 5.41. The molecule has 7 heteroatoms. The maximum atomic E-state index is 12.7. The van der Waals surface area contributed by atoms with E-state index in [1.807, 2.05) is 22.8 Å². The number of amides is 1. The van der Waals surface area contributed by atoms with Gasteiger partial charge in [0.05, 0.1) is 24.4 Å². The third-order valence-electron chi connectivity index (χ3n) is 3.75. The molecule has 0 saturated carbocycles. The van der Waals surface area contributed by atoms with Crippen LogP contribution in [-0.2, 0) is 6.54 Å². The van der Waals surface area contributed by atoms with Crippen LogP contribution >= 0.6 is 22.9 Å². The number of ether oxygens (including phenoxy) is 2. The quantitative estimate of drug-likeness (QED) is 0.612. The van der Waals surface area contributed by atoms with Crippen molar-refractivity contribution in [2.75, 3.05) is 14.2 Å². The van der Waals surface area contributed by atoms with E-state index in [1.54, 1.807) is 24.3 Å². The number of rotatable bonds is 5. The Morgan fingerprint density at radius 1 is 1.23 bits per heavy atom. The number of fused-ring (bicyclic) bond motifs is 1. The molecule has 0 N–H and O–H groups in total. The van der Waals surface area contributed by atoms with Gasteiger partial charge in [0.15, 0.2) is 4.80 Å². The molecule has 0 saturated heterocycles. The van der Waals surface area contributed by atoms with Gasteiger partial charge in [-0.15, -0.1) is 6.58 Å². The lowest BCUT2D eigenvalue weighted by Crippen LogP contribution is -2.16. The van der Waals surface area contributed by atoms with E-state index in [9.17, 15) is 4.79 Å². The van der Waals surface area contributed by atoms with Crippen LogP contribution < -0.4 is 14.3 Å². The molecule has 1 aromatic heterocycles. The fraction of sp³-hybridized carbons (Fsp3) is 0.158. The first-order valence-electron chi connectivity index (χ1n) is 7.77. The number of allylic oxidation sites excluding steroid dienone is 1. The van der Waals surface area contributed by atoms with Crippen LogP contribution in [0, 0.1) is 0 Å². The summed E-state index contributed by atoms with van der Waals surface area (Å²) in [7, 11) is 3.07. The minimum absolute atomic E-state index is 0.377. The van der Waals surface area contributed by atoms with Gasteiger partial charge in [0.1, 0.15) is 11.5 Å². The summed E-state index contributed by atoms with van der Waals surface area (Å²) in [6.07, 6.45) is 1.76. The minimum atomic E-state index is -0.377. The van der Waals surface area contributed by atoms with E-state index in [0.717, 1.165) is 10.2 Å². The van der Waals surface area contributed by atoms with Crippen molar-refractivity contribution in [2.45, 2.75) is 6.54 Å². The zero-order valence-electron chi connectivity index (χ0n) is 14.4. The summed E-state index contributed by atoms with van der Waals surface area (Å²) in [5, 5.41) is 0.639. The van der Waals surface area contributed by atoms with Crippen molar-refractivity contribution in [1.82, 2.24) is 4.57 Å². The maximum Gasteiger partial charge on any atom is 0.279 e. The number of hydrogen-bond acceptors (Lipinski definition) is 4. The monoisotopic (exact) mass is 388 g/mol. The Bertz CT molecular complexity index is 1030. The molecule has 0 fully saturated rings. The van der Waals surface area contributed by atoms with Crippen LogP contribution in [0.5, 0.6) is 11.5 Å². The van der Waals surface area contributed by atoms with Crippen molar-refractivity contribution >= 4 is 39.1 Å². The summed E-state index contributed by atoms with van der Waals surface area (Å²) in [6.45, 7) is 4.32. The number of methoxy groups -OCH3 is 2. The van der Waals surface area contributed by atoms with Crippen LogP contribution in [0.1, 0.15) is 10.4 Å². The Hall–Kier alpha value is -2.57. The Morgan fingerprint density at radius 3 is 2.54 bits per heavy atom. The molecule has 0 radical (unpaired) electrons. The zero-order valence-corrected chi connectivity index (χ0v) is 15.9. The Labute approximate surface area is 159 Å². The number of carbonyl (C=O) groups is 1. The first kappa shape index (κ1) is 18.2. The molecule has 26 heavy (non-hydrogen) atoms. The molecular weight excluding hydrogens is 372 g/mol. The minimum Gasteiger partial charge on any atom is -0.497 e. The second kappa shape index (κ2) is 7.76. The van der Waals surface area contributed by atoms with Crippen molar-refractivity contribution in [3.63, 3.8) is 0 Å². The zero-order chi connectivity index (χ0) is 18.7. The lowest BCUT2D eigenvalue weighted by atomic mass is 10.2. The Kier molecular flexibility index (Phi) is 5.44. The van der Waals surface area contributed by atoms with E-state index < -0.39 is 0 Å². The van der Waals surface area contributed by atoms with Crippen LogP contribution in [0.2, 0.25) is 5.02 Å². The highest BCUT2D eigenvalue weighted by Gasteiger charge is 2.11. The van der Waals surface area contributed by atoms with E-state index in [-0.39, 0.29) is 5.91 Å². The number of nitrogens with zero attached hydrogens (tertiary/aromatic N) is 2. The molecule has 0 aliphatic heterocycles. The SMILES string of the molecule is C=CCn1c(=NC(=O)c2cc(OC)cc(OC)c2)sc2cc(Cl)ccc21. The fourth-order valence-corrected chi connectivity index (χ4v) is 3.83. The third-order valence-corrected chi connectivity index (χ3v) is 5.03. The molecule has 134 valence electrons. The predicted octanol–water partition coefficient (Wildman–Crippen LogP) is 4.30. The van der Waals surface area contributed by atoms with Gasteiger partial charge >= 0.3 is 0 Å². The first-order chi connectivity index (χ1) is 12.5. The van der Waals surface area contributed by atoms with E-state index in [1.165, 1.54) is 25.6 Å². The number of halogens is 1. The molecule has 0 bridgehead atoms. The molecule has 0 spiro atoms. The maximum absolute atomic E-state index is 12.7. The number of thiazole rings is 1. The first-order valence-corrected chi connectivity index (χ1v) is 8.97. The van der Waals surface area contributed by atoms with Gasteiger partial charge in [-0.1, -0.05) is 29.0 Å². The van der Waals surface area contributed by atoms with Crippen molar-refractivity contribution in [2.24, 2.45) is 4.99 Å². The van der Waals surface area contributed by atoms with E-state index >= 15 is 0 Å². The molecule has 5 nitrogen and oxygen atoms in total. The molecular formula is C19H17ClN2O3S. The third kappa shape index (κ3) is 3.66. The second-order valence-corrected chi connectivity index (χ2v) is 6.86. The molecule has 2 aromatic carbocycles. The van der Waals surface area contributed by atoms with Crippen molar-refractivity contribution in [3.8, 4) is 11.5 Å². The summed E-state index contributed by atoms with van der Waals surface area (Å²) < 4.78 is 13.3. The van der Waals surface area contributed by atoms with Crippen molar-refractivity contribution in [3.05, 3.63) is 64.4 Å². The summed E-state index contributed by atoms with van der Waals surface area (Å²) in [6, 6.07) is 10.6. The molecule has 3 rings (SSSR count). The van der Waals surface area contributed by atoms with Crippen LogP contribution in [0.25, 0.3) is 10.2 Å². The van der Waals surface area contributed by atoms with E-state index in [4.69, 9.17) is 21.1 Å². The van der Waals surface area contributed by atoms with Gasteiger partial charge in [-0.3, -0.25) is 4.79 Å². The van der Waals surface area contributed by atoms with Crippen LogP contribution in [0.4, 0.5) is 0 Å². The number of carbonyl (C=O) groups excluding carboxylic acids is 1. The summed E-state index contributed by atoms with van der Waals surface area (Å²) in [5.74, 6) is 0.688. The van der Waals surface area contributed by atoms with Crippen LogP contribution in [0.3, 0.4) is 0 Å². The molecule has 1 heterocycles. The van der Waals surface area contributed by atoms with Crippen molar-refractivity contribution in [1.29, 1.82) is 0 Å². The number of benzene rings is 2. The molecule has 0 unspecified atom stereocenters. The summed E-state index contributed by atoms with van der Waals surface area (Å²) >= 11 is 7.48.